The summed E-state index contributed by atoms with van der Waals surface area (Å²) in [5.41, 5.74) is 5.70. The number of aliphatic imine (C=N–C) groups is 1. The molecule has 0 amide bonds. The Labute approximate surface area is 85.6 Å². The summed E-state index contributed by atoms with van der Waals surface area (Å²) >= 11 is 1.83. The standard InChI is InChI=1S/C9H21N3S/c1-4-6-11-9(10)12-8(5-2)7-13-3/h8H,4-7H2,1-3H3,(H3,10,11,12). The van der Waals surface area contributed by atoms with Crippen LogP contribution in [0.3, 0.4) is 0 Å². The second-order valence-electron chi connectivity index (χ2n) is 2.97. The highest BCUT2D eigenvalue weighted by Gasteiger charge is 2.04. The minimum absolute atomic E-state index is 0.454. The maximum atomic E-state index is 5.70. The summed E-state index contributed by atoms with van der Waals surface area (Å²) in [6.07, 6.45) is 4.23. The highest BCUT2D eigenvalue weighted by atomic mass is 32.2. The number of nitrogens with two attached hydrogens (primary N) is 1. The van der Waals surface area contributed by atoms with E-state index in [0.29, 0.717) is 12.0 Å². The first-order chi connectivity index (χ1) is 6.24. The number of thioether (sulfide) groups is 1. The normalized spacial score (nSPS) is 14.2. The van der Waals surface area contributed by atoms with Gasteiger partial charge in [0.1, 0.15) is 0 Å². The Bertz CT molecular complexity index is 148. The molecule has 0 aliphatic heterocycles. The van der Waals surface area contributed by atoms with E-state index in [1.165, 1.54) is 0 Å². The van der Waals surface area contributed by atoms with Crippen LogP contribution in [0.15, 0.2) is 4.99 Å². The molecule has 0 spiro atoms. The van der Waals surface area contributed by atoms with Crippen molar-refractivity contribution < 1.29 is 0 Å². The molecule has 3 N–H and O–H groups in total. The van der Waals surface area contributed by atoms with Gasteiger partial charge < -0.3 is 11.1 Å². The van der Waals surface area contributed by atoms with E-state index in [1.807, 2.05) is 11.8 Å². The molecule has 78 valence electrons. The van der Waals surface area contributed by atoms with Crippen LogP contribution in [-0.2, 0) is 0 Å². The van der Waals surface area contributed by atoms with Crippen molar-refractivity contribution in [3.8, 4) is 0 Å². The van der Waals surface area contributed by atoms with E-state index in [0.717, 1.165) is 25.1 Å². The van der Waals surface area contributed by atoms with Crippen molar-refractivity contribution in [2.45, 2.75) is 32.7 Å². The molecule has 0 aromatic rings. The van der Waals surface area contributed by atoms with Crippen LogP contribution in [-0.4, -0.2) is 30.6 Å². The third-order valence-corrected chi connectivity index (χ3v) is 2.45. The molecule has 0 heterocycles. The fourth-order valence-corrected chi connectivity index (χ4v) is 1.67. The van der Waals surface area contributed by atoms with Crippen LogP contribution in [0.5, 0.6) is 0 Å². The van der Waals surface area contributed by atoms with Crippen LogP contribution in [0.1, 0.15) is 26.7 Å². The first kappa shape index (κ1) is 12.6. The van der Waals surface area contributed by atoms with Gasteiger partial charge in [0.2, 0.25) is 0 Å². The molecular weight excluding hydrogens is 182 g/mol. The Morgan fingerprint density at radius 2 is 2.23 bits per heavy atom. The number of nitrogens with one attached hydrogen (secondary N) is 1. The van der Waals surface area contributed by atoms with Gasteiger partial charge in [-0.2, -0.15) is 11.8 Å². The molecule has 0 saturated heterocycles. The van der Waals surface area contributed by atoms with Crippen LogP contribution in [0.2, 0.25) is 0 Å². The summed E-state index contributed by atoms with van der Waals surface area (Å²) in [4.78, 5) is 4.19. The van der Waals surface area contributed by atoms with Crippen molar-refractivity contribution in [1.82, 2.24) is 5.32 Å². The number of hydrogen-bond donors (Lipinski definition) is 2. The van der Waals surface area contributed by atoms with Crippen molar-refractivity contribution in [1.29, 1.82) is 0 Å². The molecule has 0 saturated carbocycles. The van der Waals surface area contributed by atoms with Crippen molar-refractivity contribution in [2.24, 2.45) is 10.7 Å². The van der Waals surface area contributed by atoms with Crippen LogP contribution in [0, 0.1) is 0 Å². The van der Waals surface area contributed by atoms with Gasteiger partial charge in [0, 0.05) is 18.3 Å². The first-order valence-corrected chi connectivity index (χ1v) is 6.19. The van der Waals surface area contributed by atoms with E-state index in [1.54, 1.807) is 0 Å². The molecule has 0 rings (SSSR count). The smallest absolute Gasteiger partial charge is 0.188 e. The van der Waals surface area contributed by atoms with Gasteiger partial charge in [0.25, 0.3) is 0 Å². The summed E-state index contributed by atoms with van der Waals surface area (Å²) in [5.74, 6) is 1.67. The summed E-state index contributed by atoms with van der Waals surface area (Å²) in [6, 6.07) is 0.454. The van der Waals surface area contributed by atoms with Gasteiger partial charge in [0.05, 0.1) is 0 Å². The average Bonchev–Trinajstić information content (AvgIpc) is 2.14. The monoisotopic (exact) mass is 203 g/mol. The van der Waals surface area contributed by atoms with Gasteiger partial charge in [0.15, 0.2) is 5.96 Å². The molecular formula is C9H21N3S. The molecule has 0 radical (unpaired) electrons. The van der Waals surface area contributed by atoms with Gasteiger partial charge in [-0.05, 0) is 19.1 Å². The summed E-state index contributed by atoms with van der Waals surface area (Å²) < 4.78 is 0. The van der Waals surface area contributed by atoms with E-state index in [2.05, 4.69) is 30.4 Å². The van der Waals surface area contributed by atoms with E-state index < -0.39 is 0 Å². The predicted octanol–water partition coefficient (Wildman–Crippen LogP) is 1.44. The number of hydrogen-bond acceptors (Lipinski definition) is 2. The topological polar surface area (TPSA) is 50.4 Å². The Morgan fingerprint density at radius 3 is 2.69 bits per heavy atom. The van der Waals surface area contributed by atoms with Crippen LogP contribution in [0.25, 0.3) is 0 Å². The lowest BCUT2D eigenvalue weighted by Crippen LogP contribution is -2.41. The Kier molecular flexibility index (Phi) is 7.99. The molecule has 13 heavy (non-hydrogen) atoms. The highest BCUT2D eigenvalue weighted by molar-refractivity contribution is 7.98. The second-order valence-corrected chi connectivity index (χ2v) is 3.88. The molecule has 0 fully saturated rings. The van der Waals surface area contributed by atoms with Crippen molar-refractivity contribution in [3.05, 3.63) is 0 Å². The quantitative estimate of drug-likeness (QED) is 0.507. The molecule has 1 atom stereocenters. The maximum Gasteiger partial charge on any atom is 0.188 e. The van der Waals surface area contributed by atoms with Crippen LogP contribution >= 0.6 is 11.8 Å². The van der Waals surface area contributed by atoms with Gasteiger partial charge in [-0.1, -0.05) is 13.8 Å². The average molecular weight is 203 g/mol. The summed E-state index contributed by atoms with van der Waals surface area (Å²) in [7, 11) is 0. The van der Waals surface area contributed by atoms with Gasteiger partial charge in [-0.15, -0.1) is 0 Å². The minimum Gasteiger partial charge on any atom is -0.370 e. The second kappa shape index (κ2) is 8.23. The lowest BCUT2D eigenvalue weighted by Gasteiger charge is -2.15. The van der Waals surface area contributed by atoms with E-state index in [4.69, 9.17) is 5.73 Å². The van der Waals surface area contributed by atoms with Gasteiger partial charge in [-0.3, -0.25) is 4.99 Å². The van der Waals surface area contributed by atoms with E-state index >= 15 is 0 Å². The number of nitrogens with zero attached hydrogens (tertiary/aromatic N) is 1. The van der Waals surface area contributed by atoms with Crippen molar-refractivity contribution in [2.75, 3.05) is 18.6 Å². The number of rotatable bonds is 6. The van der Waals surface area contributed by atoms with Crippen LogP contribution in [0.4, 0.5) is 0 Å². The number of guanidine groups is 1. The Balaban J connectivity index is 3.77. The van der Waals surface area contributed by atoms with Crippen molar-refractivity contribution >= 4 is 17.7 Å². The lowest BCUT2D eigenvalue weighted by molar-refractivity contribution is 0.645. The van der Waals surface area contributed by atoms with Crippen molar-refractivity contribution in [3.63, 3.8) is 0 Å². The van der Waals surface area contributed by atoms with Gasteiger partial charge in [-0.25, -0.2) is 0 Å². The largest absolute Gasteiger partial charge is 0.370 e. The van der Waals surface area contributed by atoms with E-state index in [-0.39, 0.29) is 0 Å². The zero-order valence-electron chi connectivity index (χ0n) is 8.84. The third kappa shape index (κ3) is 6.75. The first-order valence-electron chi connectivity index (χ1n) is 4.79. The highest BCUT2D eigenvalue weighted by Crippen LogP contribution is 2.00. The zero-order chi connectivity index (χ0) is 10.1. The van der Waals surface area contributed by atoms with Gasteiger partial charge >= 0.3 is 0 Å². The summed E-state index contributed by atoms with van der Waals surface area (Å²) in [5, 5.41) is 3.21. The Hall–Kier alpha value is -0.380. The van der Waals surface area contributed by atoms with E-state index in [9.17, 15) is 0 Å². The fraction of sp³-hybridized carbons (Fsp3) is 0.889. The minimum atomic E-state index is 0.454. The molecule has 4 heteroatoms. The maximum absolute atomic E-state index is 5.70. The fourth-order valence-electron chi connectivity index (χ4n) is 0.950. The summed E-state index contributed by atoms with van der Waals surface area (Å²) in [6.45, 7) is 5.06. The molecule has 0 aromatic carbocycles. The Morgan fingerprint density at radius 1 is 1.54 bits per heavy atom. The third-order valence-electron chi connectivity index (χ3n) is 1.72. The molecule has 0 aliphatic carbocycles. The molecule has 1 unspecified atom stereocenters. The van der Waals surface area contributed by atoms with Crippen LogP contribution < -0.4 is 11.1 Å². The molecule has 0 aromatic heterocycles. The molecule has 0 bridgehead atoms. The lowest BCUT2D eigenvalue weighted by atomic mass is 10.3. The molecule has 0 aliphatic rings. The SMILES string of the molecule is CCCN=C(N)NC(CC)CSC. The predicted molar refractivity (Wildman–Crippen MR) is 62.4 cm³/mol. The zero-order valence-corrected chi connectivity index (χ0v) is 9.66. The molecule has 3 nitrogen and oxygen atoms in total.